The predicted octanol–water partition coefficient (Wildman–Crippen LogP) is 2.63. The van der Waals surface area contributed by atoms with Gasteiger partial charge in [-0.15, -0.1) is 0 Å². The molecule has 0 aromatic rings. The van der Waals surface area contributed by atoms with E-state index in [-0.39, 0.29) is 0 Å². The molecule has 0 heterocycles. The normalized spacial score (nSPS) is 17.8. The minimum atomic E-state index is 0.536. The van der Waals surface area contributed by atoms with Crippen LogP contribution in [0.4, 0.5) is 0 Å². The van der Waals surface area contributed by atoms with Crippen molar-refractivity contribution >= 4 is 0 Å². The van der Waals surface area contributed by atoms with Crippen LogP contribution in [0.1, 0.15) is 52.9 Å². The third-order valence-corrected chi connectivity index (χ3v) is 2.99. The zero-order valence-electron chi connectivity index (χ0n) is 10.3. The molecule has 0 spiro atoms. The van der Waals surface area contributed by atoms with E-state index in [0.717, 1.165) is 0 Å². The highest BCUT2D eigenvalue weighted by atomic mass is 15.1. The lowest BCUT2D eigenvalue weighted by Crippen LogP contribution is -2.22. The van der Waals surface area contributed by atoms with Crippen molar-refractivity contribution < 1.29 is 0 Å². The summed E-state index contributed by atoms with van der Waals surface area (Å²) in [6, 6.07) is 0.536. The topological polar surface area (TPSA) is 29.3 Å². The summed E-state index contributed by atoms with van der Waals surface area (Å²) >= 11 is 0. The van der Waals surface area contributed by atoms with E-state index in [1.54, 1.807) is 0 Å². The van der Waals surface area contributed by atoms with Crippen molar-refractivity contribution in [1.82, 2.24) is 4.90 Å². The summed E-state index contributed by atoms with van der Waals surface area (Å²) < 4.78 is 0. The van der Waals surface area contributed by atoms with Gasteiger partial charge in [0.2, 0.25) is 0 Å². The number of nitrogens with two attached hydrogens (primary N) is 1. The molecule has 0 saturated heterocycles. The zero-order valence-corrected chi connectivity index (χ0v) is 10.3. The maximum absolute atomic E-state index is 5.63. The van der Waals surface area contributed by atoms with Crippen LogP contribution in [0.25, 0.3) is 0 Å². The van der Waals surface area contributed by atoms with E-state index >= 15 is 0 Å². The smallest absolute Gasteiger partial charge is 0.00388 e. The zero-order chi connectivity index (χ0) is 10.8. The van der Waals surface area contributed by atoms with E-state index in [4.69, 9.17) is 5.73 Å². The minimum absolute atomic E-state index is 0.536. The summed E-state index contributed by atoms with van der Waals surface area (Å²) in [6.45, 7) is 10.1. The Hall–Kier alpha value is -0.0800. The number of nitrogens with zero attached hydrogens (tertiary/aromatic N) is 1. The van der Waals surface area contributed by atoms with Gasteiger partial charge in [0.1, 0.15) is 0 Å². The largest absolute Gasteiger partial charge is 0.328 e. The molecule has 0 aromatic carbocycles. The third-order valence-electron chi connectivity index (χ3n) is 2.99. The molecule has 86 valence electrons. The highest BCUT2D eigenvalue weighted by Gasteiger charge is 2.06. The standard InChI is InChI=1S/C6H13N.C6H15N/c7-6-4-2-1-3-5-6;1-4-7(5-2)6-3/h6H,1-5,7H2;4-6H2,1-3H3. The van der Waals surface area contributed by atoms with Crippen molar-refractivity contribution in [3.63, 3.8) is 0 Å². The van der Waals surface area contributed by atoms with Crippen LogP contribution in [0.3, 0.4) is 0 Å². The molecule has 1 aliphatic carbocycles. The molecule has 0 bridgehead atoms. The first kappa shape index (κ1) is 13.9. The van der Waals surface area contributed by atoms with E-state index in [2.05, 4.69) is 25.7 Å². The summed E-state index contributed by atoms with van der Waals surface area (Å²) in [4.78, 5) is 2.38. The average molecular weight is 200 g/mol. The Morgan fingerprint density at radius 3 is 1.50 bits per heavy atom. The molecule has 1 fully saturated rings. The highest BCUT2D eigenvalue weighted by molar-refractivity contribution is 4.66. The Balaban J connectivity index is 0.000000241. The van der Waals surface area contributed by atoms with Gasteiger partial charge < -0.3 is 10.6 Å². The van der Waals surface area contributed by atoms with Crippen LogP contribution in [0.5, 0.6) is 0 Å². The molecule has 2 nitrogen and oxygen atoms in total. The Morgan fingerprint density at radius 1 is 0.929 bits per heavy atom. The number of hydrogen-bond donors (Lipinski definition) is 1. The van der Waals surface area contributed by atoms with E-state index < -0.39 is 0 Å². The van der Waals surface area contributed by atoms with E-state index in [1.807, 2.05) is 0 Å². The summed E-state index contributed by atoms with van der Waals surface area (Å²) in [6.07, 6.45) is 6.66. The van der Waals surface area contributed by atoms with Crippen LogP contribution in [0.2, 0.25) is 0 Å². The van der Waals surface area contributed by atoms with Crippen LogP contribution in [0, 0.1) is 0 Å². The van der Waals surface area contributed by atoms with Gasteiger partial charge in [0.05, 0.1) is 0 Å². The molecule has 0 unspecified atom stereocenters. The van der Waals surface area contributed by atoms with E-state index in [0.29, 0.717) is 6.04 Å². The van der Waals surface area contributed by atoms with Gasteiger partial charge in [0, 0.05) is 6.04 Å². The van der Waals surface area contributed by atoms with Crippen LogP contribution in [0.15, 0.2) is 0 Å². The van der Waals surface area contributed by atoms with E-state index in [1.165, 1.54) is 51.7 Å². The quantitative estimate of drug-likeness (QED) is 0.759. The molecule has 1 aliphatic rings. The monoisotopic (exact) mass is 200 g/mol. The van der Waals surface area contributed by atoms with Gasteiger partial charge in [0.25, 0.3) is 0 Å². The van der Waals surface area contributed by atoms with Crippen molar-refractivity contribution in [2.45, 2.75) is 58.9 Å². The van der Waals surface area contributed by atoms with Crippen LogP contribution in [-0.4, -0.2) is 30.6 Å². The maximum Gasteiger partial charge on any atom is 0.00388 e. The highest BCUT2D eigenvalue weighted by Crippen LogP contribution is 2.14. The number of hydrogen-bond acceptors (Lipinski definition) is 2. The van der Waals surface area contributed by atoms with Gasteiger partial charge in [0.15, 0.2) is 0 Å². The molecule has 0 aromatic heterocycles. The molecule has 0 amide bonds. The molecule has 1 rings (SSSR count). The summed E-state index contributed by atoms with van der Waals surface area (Å²) in [5, 5.41) is 0. The Bertz CT molecular complexity index is 99.4. The number of rotatable bonds is 3. The van der Waals surface area contributed by atoms with Gasteiger partial charge in [-0.25, -0.2) is 0 Å². The minimum Gasteiger partial charge on any atom is -0.328 e. The van der Waals surface area contributed by atoms with Gasteiger partial charge in [-0.3, -0.25) is 0 Å². The molecular formula is C12H28N2. The van der Waals surface area contributed by atoms with Crippen LogP contribution in [-0.2, 0) is 0 Å². The van der Waals surface area contributed by atoms with Crippen LogP contribution >= 0.6 is 0 Å². The lowest BCUT2D eigenvalue weighted by Gasteiger charge is -2.15. The van der Waals surface area contributed by atoms with Crippen molar-refractivity contribution in [2.75, 3.05) is 19.6 Å². The molecule has 0 radical (unpaired) electrons. The van der Waals surface area contributed by atoms with Gasteiger partial charge in [-0.1, -0.05) is 40.0 Å². The first-order chi connectivity index (χ1) is 6.74. The fourth-order valence-corrected chi connectivity index (χ4v) is 1.80. The Morgan fingerprint density at radius 2 is 1.36 bits per heavy atom. The second-order valence-corrected chi connectivity index (χ2v) is 4.02. The Kier molecular flexibility index (Phi) is 9.42. The average Bonchev–Trinajstić information content (AvgIpc) is 2.22. The molecule has 0 aliphatic heterocycles. The molecule has 2 N–H and O–H groups in total. The summed E-state index contributed by atoms with van der Waals surface area (Å²) in [5.74, 6) is 0. The summed E-state index contributed by atoms with van der Waals surface area (Å²) in [7, 11) is 0. The molecule has 2 heteroatoms. The molecule has 14 heavy (non-hydrogen) atoms. The SMILES string of the molecule is CCN(CC)CC.NC1CCCCC1. The molecule has 1 saturated carbocycles. The fourth-order valence-electron chi connectivity index (χ4n) is 1.80. The van der Waals surface area contributed by atoms with Gasteiger partial charge in [-0.05, 0) is 32.5 Å². The van der Waals surface area contributed by atoms with E-state index in [9.17, 15) is 0 Å². The van der Waals surface area contributed by atoms with Crippen LogP contribution < -0.4 is 5.73 Å². The predicted molar refractivity (Wildman–Crippen MR) is 64.5 cm³/mol. The second kappa shape index (κ2) is 9.47. The Labute approximate surface area is 89.9 Å². The lowest BCUT2D eigenvalue weighted by molar-refractivity contribution is 0.321. The first-order valence-corrected chi connectivity index (χ1v) is 6.22. The van der Waals surface area contributed by atoms with Crippen molar-refractivity contribution in [3.8, 4) is 0 Å². The second-order valence-electron chi connectivity index (χ2n) is 4.02. The maximum atomic E-state index is 5.63. The molecular weight excluding hydrogens is 172 g/mol. The van der Waals surface area contributed by atoms with Crippen molar-refractivity contribution in [1.29, 1.82) is 0 Å². The third kappa shape index (κ3) is 7.34. The van der Waals surface area contributed by atoms with Gasteiger partial charge in [-0.2, -0.15) is 0 Å². The molecule has 0 atom stereocenters. The fraction of sp³-hybridized carbons (Fsp3) is 1.00. The summed E-state index contributed by atoms with van der Waals surface area (Å²) in [5.41, 5.74) is 5.63. The van der Waals surface area contributed by atoms with Crippen molar-refractivity contribution in [2.24, 2.45) is 5.73 Å². The van der Waals surface area contributed by atoms with Crippen molar-refractivity contribution in [3.05, 3.63) is 0 Å². The van der Waals surface area contributed by atoms with Gasteiger partial charge >= 0.3 is 0 Å². The lowest BCUT2D eigenvalue weighted by atomic mass is 9.97. The first-order valence-electron chi connectivity index (χ1n) is 6.22.